The first kappa shape index (κ1) is 18.8. The summed E-state index contributed by atoms with van der Waals surface area (Å²) < 4.78 is 7.21. The Hall–Kier alpha value is -2.17. The number of carbonyl (C=O) groups is 1. The van der Waals surface area contributed by atoms with Crippen LogP contribution in [0.1, 0.15) is 56.1 Å². The summed E-state index contributed by atoms with van der Waals surface area (Å²) in [6.07, 6.45) is 8.16. The average Bonchev–Trinajstić information content (AvgIpc) is 3.23. The Morgan fingerprint density at radius 3 is 1.93 bits per heavy atom. The van der Waals surface area contributed by atoms with Gasteiger partial charge < -0.3 is 9.84 Å². The van der Waals surface area contributed by atoms with Gasteiger partial charge in [-0.1, -0.05) is 60.7 Å². The number of aliphatic hydroxyl groups is 1. The summed E-state index contributed by atoms with van der Waals surface area (Å²) in [7, 11) is 0. The molecule has 0 amide bonds. The molecule has 2 aromatic carbocycles. The summed E-state index contributed by atoms with van der Waals surface area (Å²) in [4.78, 5) is 13.6. The van der Waals surface area contributed by atoms with Crippen molar-refractivity contribution < 1.29 is 19.1 Å². The third-order valence-electron chi connectivity index (χ3n) is 7.72. The van der Waals surface area contributed by atoms with Gasteiger partial charge in [0.25, 0.3) is 0 Å². The van der Waals surface area contributed by atoms with E-state index >= 15 is 0 Å². The van der Waals surface area contributed by atoms with Gasteiger partial charge in [0.15, 0.2) is 0 Å². The molecule has 3 aliphatic heterocycles. The number of carbonyl (C=O) groups excluding carboxylic acids is 1. The summed E-state index contributed by atoms with van der Waals surface area (Å²) in [5, 5.41) is 11.7. The normalized spacial score (nSPS) is 31.1. The number of esters is 1. The summed E-state index contributed by atoms with van der Waals surface area (Å²) in [5.41, 5.74) is -0.672. The Morgan fingerprint density at radius 2 is 1.38 bits per heavy atom. The summed E-state index contributed by atoms with van der Waals surface area (Å²) in [5.74, 6) is -0.538. The number of hydrogen-bond acceptors (Lipinski definition) is 3. The van der Waals surface area contributed by atoms with Crippen LogP contribution in [0.3, 0.4) is 0 Å². The predicted molar refractivity (Wildman–Crippen MR) is 111 cm³/mol. The van der Waals surface area contributed by atoms with Crippen LogP contribution < -0.4 is 0 Å². The van der Waals surface area contributed by atoms with Gasteiger partial charge in [-0.05, 0) is 30.4 Å². The number of quaternary nitrogens is 1. The predicted octanol–water partition coefficient (Wildman–Crippen LogP) is 4.12. The van der Waals surface area contributed by atoms with E-state index in [0.29, 0.717) is 23.2 Å². The molecule has 29 heavy (non-hydrogen) atoms. The van der Waals surface area contributed by atoms with Crippen LogP contribution in [-0.2, 0) is 15.1 Å². The van der Waals surface area contributed by atoms with Crippen LogP contribution in [0.25, 0.3) is 0 Å². The van der Waals surface area contributed by atoms with Gasteiger partial charge in [-0.3, -0.25) is 4.48 Å². The molecule has 3 saturated heterocycles. The highest BCUT2D eigenvalue weighted by Gasteiger charge is 2.60. The zero-order valence-electron chi connectivity index (χ0n) is 16.9. The van der Waals surface area contributed by atoms with E-state index in [1.54, 1.807) is 24.3 Å². The lowest BCUT2D eigenvalue weighted by Gasteiger charge is -2.48. The first-order chi connectivity index (χ1) is 14.2. The maximum atomic E-state index is 13.6. The summed E-state index contributed by atoms with van der Waals surface area (Å²) in [6.45, 7) is 1.11. The van der Waals surface area contributed by atoms with Gasteiger partial charge in [0.1, 0.15) is 0 Å². The van der Waals surface area contributed by atoms with Gasteiger partial charge in [0, 0.05) is 25.7 Å². The molecule has 0 radical (unpaired) electrons. The van der Waals surface area contributed by atoms with Crippen LogP contribution in [0.5, 0.6) is 0 Å². The molecule has 2 bridgehead atoms. The largest absolute Gasteiger partial charge is 0.410 e. The van der Waals surface area contributed by atoms with E-state index in [-0.39, 0.29) is 6.23 Å². The molecule has 3 unspecified atom stereocenters. The quantitative estimate of drug-likeness (QED) is 0.629. The highest BCUT2D eigenvalue weighted by molar-refractivity contribution is 5.85. The van der Waals surface area contributed by atoms with Crippen LogP contribution in [0, 0.1) is 0 Å². The minimum Gasteiger partial charge on any atom is -0.410 e. The minimum atomic E-state index is -1.79. The van der Waals surface area contributed by atoms with E-state index in [2.05, 4.69) is 0 Å². The molecule has 3 fully saturated rings. The zero-order chi connectivity index (χ0) is 19.9. The summed E-state index contributed by atoms with van der Waals surface area (Å²) >= 11 is 0. The second-order valence-corrected chi connectivity index (χ2v) is 8.98. The standard InChI is InChI=1S/C25H30NO3/c27-24(25(28,19-9-3-1-4-10-19)20-11-5-2-6-12-20)29-23-15-8-18-26(23)21-13-7-14-22(26)17-16-21/h1-6,9-12,21-23,28H,7-8,13-18H2/q+1. The molecule has 0 aliphatic carbocycles. The molecule has 5 rings (SSSR count). The van der Waals surface area contributed by atoms with Crippen LogP contribution in [0.4, 0.5) is 0 Å². The van der Waals surface area contributed by atoms with E-state index in [1.165, 1.54) is 32.1 Å². The second kappa shape index (κ2) is 7.26. The van der Waals surface area contributed by atoms with E-state index in [1.807, 2.05) is 36.4 Å². The molecular formula is C25H30NO3+. The van der Waals surface area contributed by atoms with Crippen molar-refractivity contribution in [2.24, 2.45) is 0 Å². The summed E-state index contributed by atoms with van der Waals surface area (Å²) in [6, 6.07) is 19.6. The maximum absolute atomic E-state index is 13.6. The SMILES string of the molecule is O=C(OC1CCC[N+]12C1CCCC2CC1)C(O)(c1ccccc1)c1ccccc1. The van der Waals surface area contributed by atoms with Gasteiger partial charge >= 0.3 is 5.97 Å². The third kappa shape index (κ3) is 2.84. The fourth-order valence-electron chi connectivity index (χ4n) is 6.41. The van der Waals surface area contributed by atoms with Gasteiger partial charge in [-0.2, -0.15) is 0 Å². The van der Waals surface area contributed by atoms with Crippen LogP contribution >= 0.6 is 0 Å². The fraction of sp³-hybridized carbons (Fsp3) is 0.480. The highest BCUT2D eigenvalue weighted by Crippen LogP contribution is 2.49. The number of benzene rings is 2. The van der Waals surface area contributed by atoms with Crippen molar-refractivity contribution in [3.05, 3.63) is 71.8 Å². The minimum absolute atomic E-state index is 0.126. The number of ether oxygens (including phenoxy) is 1. The molecule has 0 aromatic heterocycles. The van der Waals surface area contributed by atoms with E-state index < -0.39 is 11.6 Å². The van der Waals surface area contributed by atoms with Gasteiger partial charge in [0.2, 0.25) is 11.8 Å². The van der Waals surface area contributed by atoms with Crippen molar-refractivity contribution in [3.63, 3.8) is 0 Å². The van der Waals surface area contributed by atoms with Crippen molar-refractivity contribution in [2.45, 2.75) is 68.9 Å². The maximum Gasteiger partial charge on any atom is 0.352 e. The monoisotopic (exact) mass is 392 g/mol. The molecule has 152 valence electrons. The van der Waals surface area contributed by atoms with Crippen LogP contribution in [-0.4, -0.2) is 40.4 Å². The van der Waals surface area contributed by atoms with Crippen LogP contribution in [0.2, 0.25) is 0 Å². The fourth-order valence-corrected chi connectivity index (χ4v) is 6.41. The van der Waals surface area contributed by atoms with E-state index in [9.17, 15) is 9.90 Å². The molecule has 0 saturated carbocycles. The van der Waals surface area contributed by atoms with Crippen molar-refractivity contribution in [3.8, 4) is 0 Å². The lowest BCUT2D eigenvalue weighted by molar-refractivity contribution is -0.992. The molecule has 3 heterocycles. The number of piperidine rings is 1. The Labute approximate surface area is 172 Å². The highest BCUT2D eigenvalue weighted by atomic mass is 16.6. The lowest BCUT2D eigenvalue weighted by Crippen LogP contribution is -2.63. The van der Waals surface area contributed by atoms with Gasteiger partial charge in [-0.15, -0.1) is 0 Å². The molecule has 4 nitrogen and oxygen atoms in total. The smallest absolute Gasteiger partial charge is 0.352 e. The molecule has 4 heteroatoms. The van der Waals surface area contributed by atoms with Crippen molar-refractivity contribution >= 4 is 5.97 Å². The molecule has 1 N–H and O–H groups in total. The topological polar surface area (TPSA) is 46.5 Å². The lowest BCUT2D eigenvalue weighted by atomic mass is 9.86. The number of nitrogens with zero attached hydrogens (tertiary/aromatic N) is 1. The van der Waals surface area contributed by atoms with E-state index in [4.69, 9.17) is 4.74 Å². The Balaban J connectivity index is 1.49. The number of rotatable bonds is 4. The molecule has 1 spiro atoms. The van der Waals surface area contributed by atoms with Crippen LogP contribution in [0.15, 0.2) is 60.7 Å². The Bertz CT molecular complexity index is 811. The third-order valence-corrected chi connectivity index (χ3v) is 7.72. The van der Waals surface area contributed by atoms with Crippen molar-refractivity contribution in [1.82, 2.24) is 0 Å². The van der Waals surface area contributed by atoms with Gasteiger partial charge in [0.05, 0.1) is 18.6 Å². The number of hydrogen-bond donors (Lipinski definition) is 1. The van der Waals surface area contributed by atoms with Crippen molar-refractivity contribution in [1.29, 1.82) is 0 Å². The molecule has 2 aromatic rings. The average molecular weight is 393 g/mol. The van der Waals surface area contributed by atoms with E-state index in [0.717, 1.165) is 23.9 Å². The zero-order valence-corrected chi connectivity index (χ0v) is 16.9. The molecule has 3 aliphatic rings. The molecule has 3 atom stereocenters. The first-order valence-corrected chi connectivity index (χ1v) is 11.1. The van der Waals surface area contributed by atoms with Gasteiger partial charge in [-0.25, -0.2) is 4.79 Å². The Kier molecular flexibility index (Phi) is 4.72. The molecular weight excluding hydrogens is 362 g/mol. The Morgan fingerprint density at radius 1 is 0.828 bits per heavy atom. The second-order valence-electron chi connectivity index (χ2n) is 8.98. The van der Waals surface area contributed by atoms with Crippen molar-refractivity contribution in [2.75, 3.05) is 6.54 Å². The first-order valence-electron chi connectivity index (χ1n) is 11.1.